The van der Waals surface area contributed by atoms with Crippen LogP contribution in [0.3, 0.4) is 0 Å². The van der Waals surface area contributed by atoms with Crippen LogP contribution in [-0.2, 0) is 9.47 Å². The molecule has 0 aliphatic heterocycles. The summed E-state index contributed by atoms with van der Waals surface area (Å²) in [6.07, 6.45) is 1.34. The fourth-order valence-electron chi connectivity index (χ4n) is 1.45. The van der Waals surface area contributed by atoms with Crippen LogP contribution < -0.4 is 0 Å². The smallest absolute Gasteiger partial charge is 0.339 e. The van der Waals surface area contributed by atoms with Crippen molar-refractivity contribution in [2.45, 2.75) is 12.8 Å². The third-order valence-corrected chi connectivity index (χ3v) is 3.07. The Labute approximate surface area is 129 Å². The monoisotopic (exact) mass is 314 g/mol. The zero-order valence-corrected chi connectivity index (χ0v) is 12.9. The molecule has 0 radical (unpaired) electrons. The van der Waals surface area contributed by atoms with E-state index in [2.05, 4.69) is 25.3 Å². The van der Waals surface area contributed by atoms with Crippen LogP contribution in [0, 0.1) is 0 Å². The third kappa shape index (κ3) is 5.46. The molecular formula is C14H18O4S2. The maximum absolute atomic E-state index is 11.9. The van der Waals surface area contributed by atoms with Crippen LogP contribution >= 0.6 is 25.3 Å². The first-order valence-electron chi connectivity index (χ1n) is 6.35. The normalized spacial score (nSPS) is 10.1. The van der Waals surface area contributed by atoms with Crippen molar-refractivity contribution >= 4 is 37.2 Å². The first kappa shape index (κ1) is 16.9. The molecule has 1 rings (SSSR count). The van der Waals surface area contributed by atoms with Crippen molar-refractivity contribution < 1.29 is 19.1 Å². The minimum absolute atomic E-state index is 0.225. The van der Waals surface area contributed by atoms with Gasteiger partial charge in [0.05, 0.1) is 24.3 Å². The number of ether oxygens (including phenoxy) is 2. The van der Waals surface area contributed by atoms with Crippen molar-refractivity contribution in [1.29, 1.82) is 0 Å². The highest BCUT2D eigenvalue weighted by atomic mass is 32.1. The average molecular weight is 314 g/mol. The van der Waals surface area contributed by atoms with E-state index in [4.69, 9.17) is 9.47 Å². The number of hydrogen-bond acceptors (Lipinski definition) is 6. The minimum atomic E-state index is -0.520. The van der Waals surface area contributed by atoms with E-state index in [1.807, 2.05) is 0 Å². The van der Waals surface area contributed by atoms with E-state index in [1.54, 1.807) is 24.3 Å². The molecule has 0 unspecified atom stereocenters. The summed E-state index contributed by atoms with van der Waals surface area (Å²) in [6, 6.07) is 6.47. The fourth-order valence-corrected chi connectivity index (χ4v) is 1.71. The number of carbonyl (C=O) groups excluding carboxylic acids is 2. The van der Waals surface area contributed by atoms with E-state index in [0.29, 0.717) is 24.3 Å². The van der Waals surface area contributed by atoms with Crippen LogP contribution in [0.4, 0.5) is 0 Å². The van der Waals surface area contributed by atoms with E-state index >= 15 is 0 Å². The molecule has 20 heavy (non-hydrogen) atoms. The third-order valence-electron chi connectivity index (χ3n) is 2.44. The van der Waals surface area contributed by atoms with E-state index in [1.165, 1.54) is 0 Å². The van der Waals surface area contributed by atoms with Crippen molar-refractivity contribution in [3.05, 3.63) is 35.4 Å². The lowest BCUT2D eigenvalue weighted by Crippen LogP contribution is -2.15. The molecule has 0 aromatic heterocycles. The Morgan fingerprint density at radius 2 is 1.25 bits per heavy atom. The van der Waals surface area contributed by atoms with E-state index in [0.717, 1.165) is 0 Å². The molecule has 0 aliphatic carbocycles. The molecule has 1 aromatic carbocycles. The lowest BCUT2D eigenvalue weighted by Gasteiger charge is -2.09. The Morgan fingerprint density at radius 3 is 1.60 bits per heavy atom. The van der Waals surface area contributed by atoms with Crippen molar-refractivity contribution in [2.24, 2.45) is 0 Å². The quantitative estimate of drug-likeness (QED) is 0.440. The van der Waals surface area contributed by atoms with Gasteiger partial charge in [0.1, 0.15) is 0 Å². The molecule has 0 heterocycles. The highest BCUT2D eigenvalue weighted by Gasteiger charge is 2.18. The summed E-state index contributed by atoms with van der Waals surface area (Å²) >= 11 is 8.08. The summed E-state index contributed by atoms with van der Waals surface area (Å²) in [4.78, 5) is 23.8. The van der Waals surface area contributed by atoms with Gasteiger partial charge < -0.3 is 9.47 Å². The molecule has 0 atom stereocenters. The molecule has 0 aliphatic rings. The second-order valence-corrected chi connectivity index (χ2v) is 4.87. The van der Waals surface area contributed by atoms with Gasteiger partial charge in [0, 0.05) is 0 Å². The summed E-state index contributed by atoms with van der Waals surface area (Å²) in [6.45, 7) is 0.566. The number of rotatable bonds is 8. The number of carbonyl (C=O) groups is 2. The highest BCUT2D eigenvalue weighted by Crippen LogP contribution is 2.12. The Bertz CT molecular complexity index is 408. The predicted octanol–water partition coefficient (Wildman–Crippen LogP) is 2.64. The lowest BCUT2D eigenvalue weighted by atomic mass is 10.1. The van der Waals surface area contributed by atoms with Crippen molar-refractivity contribution in [2.75, 3.05) is 24.7 Å². The number of esters is 2. The van der Waals surface area contributed by atoms with Crippen LogP contribution in [0.1, 0.15) is 33.6 Å². The Morgan fingerprint density at radius 1 is 0.850 bits per heavy atom. The largest absolute Gasteiger partial charge is 0.462 e. The van der Waals surface area contributed by atoms with Gasteiger partial charge in [0.25, 0.3) is 0 Å². The molecule has 6 heteroatoms. The standard InChI is InChI=1S/C14H18O4S2/c15-13(17-7-3-9-19)11-5-1-2-6-12(11)14(16)18-8-4-10-20/h1-2,5-6,19-20H,3-4,7-10H2. The molecule has 1 aromatic rings. The van der Waals surface area contributed by atoms with Gasteiger partial charge in [-0.1, -0.05) is 12.1 Å². The van der Waals surface area contributed by atoms with Gasteiger partial charge in [0.2, 0.25) is 0 Å². The van der Waals surface area contributed by atoms with E-state index in [-0.39, 0.29) is 24.3 Å². The zero-order valence-electron chi connectivity index (χ0n) is 11.1. The molecule has 0 bridgehead atoms. The van der Waals surface area contributed by atoms with Crippen molar-refractivity contribution in [3.63, 3.8) is 0 Å². The summed E-state index contributed by atoms with van der Waals surface area (Å²) in [7, 11) is 0. The minimum Gasteiger partial charge on any atom is -0.462 e. The summed E-state index contributed by atoms with van der Waals surface area (Å²) < 4.78 is 10.2. The molecule has 0 spiro atoms. The summed E-state index contributed by atoms with van der Waals surface area (Å²) in [5.74, 6) is 0.239. The van der Waals surface area contributed by atoms with Gasteiger partial charge in [-0.05, 0) is 36.5 Å². The highest BCUT2D eigenvalue weighted by molar-refractivity contribution is 7.80. The van der Waals surface area contributed by atoms with Crippen LogP contribution in [0.25, 0.3) is 0 Å². The fraction of sp³-hybridized carbons (Fsp3) is 0.429. The van der Waals surface area contributed by atoms with Crippen LogP contribution in [0.5, 0.6) is 0 Å². The van der Waals surface area contributed by atoms with E-state index < -0.39 is 11.9 Å². The second kappa shape index (κ2) is 9.72. The van der Waals surface area contributed by atoms with Gasteiger partial charge >= 0.3 is 11.9 Å². The Balaban J connectivity index is 2.71. The lowest BCUT2D eigenvalue weighted by molar-refractivity contribution is 0.0459. The van der Waals surface area contributed by atoms with Gasteiger partial charge in [0.15, 0.2) is 0 Å². The molecule has 0 amide bonds. The average Bonchev–Trinajstić information content (AvgIpc) is 2.47. The van der Waals surface area contributed by atoms with Crippen LogP contribution in [-0.4, -0.2) is 36.7 Å². The topological polar surface area (TPSA) is 52.6 Å². The van der Waals surface area contributed by atoms with Gasteiger partial charge in [-0.2, -0.15) is 25.3 Å². The number of thiol groups is 2. The SMILES string of the molecule is O=C(OCCCS)c1ccccc1C(=O)OCCCS. The summed E-state index contributed by atoms with van der Waals surface area (Å²) in [5.41, 5.74) is 0.449. The van der Waals surface area contributed by atoms with Crippen LogP contribution in [0.15, 0.2) is 24.3 Å². The predicted molar refractivity (Wildman–Crippen MR) is 83.9 cm³/mol. The maximum atomic E-state index is 11.9. The Kier molecular flexibility index (Phi) is 8.22. The molecule has 4 nitrogen and oxygen atoms in total. The molecule has 0 saturated heterocycles. The number of benzene rings is 1. The van der Waals surface area contributed by atoms with Crippen LogP contribution in [0.2, 0.25) is 0 Å². The van der Waals surface area contributed by atoms with Crippen molar-refractivity contribution in [3.8, 4) is 0 Å². The zero-order chi connectivity index (χ0) is 14.8. The molecule has 0 N–H and O–H groups in total. The molecular weight excluding hydrogens is 296 g/mol. The first-order valence-corrected chi connectivity index (χ1v) is 7.62. The van der Waals surface area contributed by atoms with Gasteiger partial charge in [-0.3, -0.25) is 0 Å². The Hall–Kier alpha value is -1.14. The molecule has 0 fully saturated rings. The van der Waals surface area contributed by atoms with Gasteiger partial charge in [-0.25, -0.2) is 9.59 Å². The van der Waals surface area contributed by atoms with Crippen molar-refractivity contribution in [1.82, 2.24) is 0 Å². The second-order valence-electron chi connectivity index (χ2n) is 3.97. The summed E-state index contributed by atoms with van der Waals surface area (Å²) in [5, 5.41) is 0. The number of hydrogen-bond donors (Lipinski definition) is 2. The maximum Gasteiger partial charge on any atom is 0.339 e. The van der Waals surface area contributed by atoms with Gasteiger partial charge in [-0.15, -0.1) is 0 Å². The van der Waals surface area contributed by atoms with E-state index in [9.17, 15) is 9.59 Å². The molecule has 110 valence electrons. The molecule has 0 saturated carbocycles. The first-order chi connectivity index (χ1) is 9.70.